The monoisotopic (exact) mass is 629 g/mol. The number of carbonyl (C=O) groups is 2. The van der Waals surface area contributed by atoms with Crippen molar-refractivity contribution >= 4 is 11.6 Å². The Morgan fingerprint density at radius 2 is 1.80 bits per heavy atom. The zero-order valence-corrected chi connectivity index (χ0v) is 26.2. The predicted octanol–water partition coefficient (Wildman–Crippen LogP) is -3.78. The smallest absolute Gasteiger partial charge is 0.187 e. The molecular weight excluding hydrogens is 574 g/mol. The fourth-order valence-electron chi connectivity index (χ4n) is 9.19. The van der Waals surface area contributed by atoms with E-state index in [1.54, 1.807) is 0 Å². The van der Waals surface area contributed by atoms with Crippen LogP contribution in [0.5, 0.6) is 0 Å². The van der Waals surface area contributed by atoms with Crippen LogP contribution in [0.2, 0.25) is 0 Å². The third-order valence-electron chi connectivity index (χ3n) is 11.7. The zero-order chi connectivity index (χ0) is 31.9. The average Bonchev–Trinajstić information content (AvgIpc) is 3.00. The van der Waals surface area contributed by atoms with Crippen molar-refractivity contribution in [2.75, 3.05) is 33.9 Å². The molecule has 11 N–H and O–H groups in total. The van der Waals surface area contributed by atoms with Crippen LogP contribution in [0.1, 0.15) is 51.9 Å². The van der Waals surface area contributed by atoms with E-state index in [1.807, 2.05) is 19.3 Å². The maximum absolute atomic E-state index is 14.2. The molecule has 0 amide bonds. The first kappa shape index (κ1) is 34.2. The Morgan fingerprint density at radius 3 is 2.45 bits per heavy atom. The number of aliphatic hydroxyl groups excluding tert-OH is 4. The molecule has 5 rings (SSSR count). The first-order valence-electron chi connectivity index (χ1n) is 16.6. The van der Waals surface area contributed by atoms with Crippen molar-refractivity contribution in [1.29, 1.82) is 0 Å². The second-order valence-electron chi connectivity index (χ2n) is 14.3. The Balaban J connectivity index is 1.34. The highest BCUT2D eigenvalue weighted by atomic mass is 16.7. The molecule has 0 aromatic carbocycles. The highest BCUT2D eigenvalue weighted by Crippen LogP contribution is 2.50. The summed E-state index contributed by atoms with van der Waals surface area (Å²) in [6, 6.07) is 0. The van der Waals surface area contributed by atoms with Crippen molar-refractivity contribution < 1.29 is 60.0 Å². The number of hydrogen-bond donors (Lipinski definition) is 8. The lowest BCUT2D eigenvalue weighted by atomic mass is 9.53. The highest BCUT2D eigenvalue weighted by Gasteiger charge is 2.61. The quantitative estimate of drug-likeness (QED) is 0.124. The number of hydrogen-bond acceptors (Lipinski definition) is 11. The Kier molecular flexibility index (Phi) is 10.9. The largest absolute Gasteiger partial charge is 0.394 e. The summed E-state index contributed by atoms with van der Waals surface area (Å²) < 4.78 is 17.9. The number of nitrogens with two attached hydrogens (primary N) is 3. The van der Waals surface area contributed by atoms with E-state index in [9.17, 15) is 35.1 Å². The number of rotatable bonds is 9. The Bertz CT molecular complexity index is 1020. The molecule has 5 aliphatic rings. The lowest BCUT2D eigenvalue weighted by Crippen LogP contribution is -2.94. The third kappa shape index (κ3) is 6.27. The van der Waals surface area contributed by atoms with Crippen molar-refractivity contribution in [2.45, 2.75) is 107 Å². The van der Waals surface area contributed by atoms with Crippen LogP contribution in [0.4, 0.5) is 0 Å². The Labute approximate surface area is 259 Å². The molecule has 0 aromatic heterocycles. The summed E-state index contributed by atoms with van der Waals surface area (Å²) in [7, 11) is 3.45. The van der Waals surface area contributed by atoms with E-state index >= 15 is 0 Å². The molecule has 0 spiro atoms. The molecule has 16 atom stereocenters. The molecule has 13 heteroatoms. The van der Waals surface area contributed by atoms with Gasteiger partial charge in [-0.15, -0.1) is 0 Å². The minimum atomic E-state index is -1.93. The summed E-state index contributed by atoms with van der Waals surface area (Å²) in [6.45, 7) is 2.91. The molecule has 5 fully saturated rings. The fourth-order valence-corrected chi connectivity index (χ4v) is 9.19. The maximum Gasteiger partial charge on any atom is 0.187 e. The number of ether oxygens (including phenoxy) is 3. The van der Waals surface area contributed by atoms with Crippen molar-refractivity contribution in [3.8, 4) is 0 Å². The second-order valence-corrected chi connectivity index (χ2v) is 14.3. The van der Waals surface area contributed by atoms with Gasteiger partial charge in [0.2, 0.25) is 0 Å². The molecule has 3 aliphatic carbocycles. The van der Waals surface area contributed by atoms with Crippen LogP contribution in [0, 0.1) is 41.4 Å². The summed E-state index contributed by atoms with van der Waals surface area (Å²) in [5.41, 5.74) is 4.14. The number of piperidine rings is 1. The third-order valence-corrected chi connectivity index (χ3v) is 11.7. The van der Waals surface area contributed by atoms with Gasteiger partial charge in [0.15, 0.2) is 6.29 Å². The van der Waals surface area contributed by atoms with Gasteiger partial charge in [-0.1, -0.05) is 6.92 Å². The second kappa shape index (κ2) is 13.9. The number of methoxy groups -OCH3 is 1. The first-order valence-corrected chi connectivity index (χ1v) is 16.6. The van der Waals surface area contributed by atoms with Crippen molar-refractivity contribution in [3.63, 3.8) is 0 Å². The van der Waals surface area contributed by atoms with E-state index in [2.05, 4.69) is 5.32 Å². The predicted molar refractivity (Wildman–Crippen MR) is 154 cm³/mol. The number of carbonyl (C=O) groups excluding carboxylic acids is 2. The summed E-state index contributed by atoms with van der Waals surface area (Å²) >= 11 is 0. The molecule has 2 saturated heterocycles. The van der Waals surface area contributed by atoms with Gasteiger partial charge >= 0.3 is 0 Å². The van der Waals surface area contributed by atoms with Crippen molar-refractivity contribution in [1.82, 2.24) is 0 Å². The van der Waals surface area contributed by atoms with Crippen LogP contribution in [0.3, 0.4) is 0 Å². The minimum absolute atomic E-state index is 0.0261. The molecule has 0 aromatic rings. The molecule has 0 radical (unpaired) electrons. The number of aliphatic hydroxyl groups is 5. The van der Waals surface area contributed by atoms with Gasteiger partial charge in [-0.25, -0.2) is 0 Å². The normalized spacial score (nSPS) is 49.8. The van der Waals surface area contributed by atoms with E-state index in [4.69, 9.17) is 19.9 Å². The van der Waals surface area contributed by atoms with E-state index in [-0.39, 0.29) is 48.3 Å². The summed E-state index contributed by atoms with van der Waals surface area (Å²) in [5, 5.41) is 59.6. The van der Waals surface area contributed by atoms with Crippen LogP contribution in [0.25, 0.3) is 0 Å². The van der Waals surface area contributed by atoms with E-state index < -0.39 is 78.8 Å². The average molecular weight is 630 g/mol. The van der Waals surface area contributed by atoms with E-state index in [0.717, 1.165) is 19.4 Å². The van der Waals surface area contributed by atoms with E-state index in [1.165, 1.54) is 7.11 Å². The Morgan fingerprint density at radius 1 is 1.07 bits per heavy atom. The van der Waals surface area contributed by atoms with Crippen LogP contribution in [-0.2, 0) is 23.8 Å². The number of quaternary nitrogens is 2. The maximum atomic E-state index is 14.2. The van der Waals surface area contributed by atoms with Gasteiger partial charge in [0, 0.05) is 37.7 Å². The SMILES string of the molecule is C[NH2+]CC1C(C)CC2C(=O)C3CC(OC)CC(O[C@H]4O[C@H](CO)[C@](O)(CCC5CC[NH2+]C(N)C5)[C@H](O)[C@H]4O)C3C(=O)C2C1O. The number of ketones is 2. The minimum Gasteiger partial charge on any atom is -0.394 e. The highest BCUT2D eigenvalue weighted by molar-refractivity contribution is 6.00. The van der Waals surface area contributed by atoms with Gasteiger partial charge in [0.05, 0.1) is 56.9 Å². The van der Waals surface area contributed by atoms with Gasteiger partial charge in [0.1, 0.15) is 41.6 Å². The van der Waals surface area contributed by atoms with Crippen LogP contribution >= 0.6 is 0 Å². The van der Waals surface area contributed by atoms with Gasteiger partial charge in [-0.2, -0.15) is 0 Å². The molecule has 0 bridgehead atoms. The zero-order valence-electron chi connectivity index (χ0n) is 26.2. The van der Waals surface area contributed by atoms with Gasteiger partial charge in [-0.05, 0) is 43.9 Å². The standard InChI is InChI=1S/C31H53N3O10/c1-14-8-17-24(26(37)19(14)12-33-2)27(38)23-18(25(17)36)10-16(42-3)11-20(23)43-30-28(39)29(40)31(41,21(13-35)44-30)6-4-15-5-7-34-22(32)9-15/h14-24,26,28-30,33-35,37,39-41H,4-13,32H2,1-3H3/p+2/t14?,15?,16?,17?,18?,19?,20?,21-,22?,23?,24?,26?,28-,29-,30+,31-/m1/s1. The molecule has 252 valence electrons. The van der Waals surface area contributed by atoms with Crippen LogP contribution in [-0.4, -0.2) is 126 Å². The molecule has 11 unspecified atom stereocenters. The first-order chi connectivity index (χ1) is 20.9. The molecule has 3 saturated carbocycles. The topological polar surface area (TPSA) is 222 Å². The van der Waals surface area contributed by atoms with E-state index in [0.29, 0.717) is 25.8 Å². The van der Waals surface area contributed by atoms with Gasteiger partial charge in [0.25, 0.3) is 0 Å². The van der Waals surface area contributed by atoms with Crippen LogP contribution in [0.15, 0.2) is 0 Å². The van der Waals surface area contributed by atoms with Crippen molar-refractivity contribution in [2.24, 2.45) is 47.2 Å². The van der Waals surface area contributed by atoms with Crippen LogP contribution < -0.4 is 16.4 Å². The molecule has 2 heterocycles. The number of Topliss-reactive ketones (excluding diaryl/α,β-unsaturated/α-hetero) is 2. The summed E-state index contributed by atoms with van der Waals surface area (Å²) in [4.78, 5) is 28.1. The molecule has 2 aliphatic heterocycles. The summed E-state index contributed by atoms with van der Waals surface area (Å²) in [5.74, 6) is -3.05. The molecular formula is C31H55N3O10+2. The number of fused-ring (bicyclic) bond motifs is 2. The summed E-state index contributed by atoms with van der Waals surface area (Å²) in [6.07, 6.45) is -4.97. The van der Waals surface area contributed by atoms with Crippen molar-refractivity contribution in [3.05, 3.63) is 0 Å². The lowest BCUT2D eigenvalue weighted by molar-refractivity contribution is -0.699. The molecule has 13 nitrogen and oxygen atoms in total. The lowest BCUT2D eigenvalue weighted by Gasteiger charge is -2.53. The van der Waals surface area contributed by atoms with Gasteiger partial charge in [-0.3, -0.25) is 15.3 Å². The Hall–Kier alpha value is -1.10. The molecule has 44 heavy (non-hydrogen) atoms. The van der Waals surface area contributed by atoms with Gasteiger partial charge < -0.3 is 50.4 Å². The fraction of sp³-hybridized carbons (Fsp3) is 0.935.